The maximum absolute atomic E-state index is 9.48. The summed E-state index contributed by atoms with van der Waals surface area (Å²) in [6, 6.07) is 10.7. The lowest BCUT2D eigenvalue weighted by Crippen LogP contribution is -2.24. The second-order valence-corrected chi connectivity index (χ2v) is 7.39. The zero-order valence-corrected chi connectivity index (χ0v) is 16.2. The lowest BCUT2D eigenvalue weighted by Gasteiger charge is -2.17. The maximum atomic E-state index is 9.48. The number of likely N-dealkylation sites (tertiary alicyclic amines) is 1. The van der Waals surface area contributed by atoms with E-state index in [4.69, 9.17) is 5.73 Å². The van der Waals surface area contributed by atoms with Crippen molar-refractivity contribution in [2.24, 2.45) is 0 Å². The number of benzene rings is 1. The van der Waals surface area contributed by atoms with Gasteiger partial charge in [-0.2, -0.15) is 4.98 Å². The fraction of sp³-hybridized carbons (Fsp3) is 0.524. The largest absolute Gasteiger partial charge is 0.394 e. The Kier molecular flexibility index (Phi) is 7.01. The van der Waals surface area contributed by atoms with Crippen molar-refractivity contribution < 1.29 is 5.11 Å². The van der Waals surface area contributed by atoms with Crippen LogP contribution in [0.3, 0.4) is 0 Å². The fourth-order valence-electron chi connectivity index (χ4n) is 3.62. The average molecular weight is 370 g/mol. The molecule has 1 aromatic carbocycles. The van der Waals surface area contributed by atoms with Crippen LogP contribution in [0.1, 0.15) is 49.4 Å². The third-order valence-electron chi connectivity index (χ3n) is 5.02. The van der Waals surface area contributed by atoms with Crippen molar-refractivity contribution in [2.45, 2.75) is 51.6 Å². The van der Waals surface area contributed by atoms with Crippen molar-refractivity contribution in [3.05, 3.63) is 47.2 Å². The van der Waals surface area contributed by atoms with Crippen LogP contribution in [0.5, 0.6) is 0 Å². The number of nitrogens with zero attached hydrogens (tertiary/aromatic N) is 3. The van der Waals surface area contributed by atoms with Crippen molar-refractivity contribution in [1.82, 2.24) is 14.9 Å². The highest BCUT2D eigenvalue weighted by Gasteiger charge is 2.12. The molecule has 6 nitrogen and oxygen atoms in total. The molecule has 1 aromatic heterocycles. The van der Waals surface area contributed by atoms with Crippen molar-refractivity contribution >= 4 is 11.8 Å². The molecule has 6 heteroatoms. The highest BCUT2D eigenvalue weighted by molar-refractivity contribution is 5.42. The smallest absolute Gasteiger partial charge is 0.222 e. The van der Waals surface area contributed by atoms with Gasteiger partial charge in [0.1, 0.15) is 5.82 Å². The van der Waals surface area contributed by atoms with Gasteiger partial charge in [-0.25, -0.2) is 4.98 Å². The SMILES string of the molecule is CCC[C@@H](CO)Nc1cc(Cc2ccc(CN3CCCC3)cc2)nc(N)n1. The van der Waals surface area contributed by atoms with E-state index in [9.17, 15) is 5.11 Å². The predicted molar refractivity (Wildman–Crippen MR) is 110 cm³/mol. The zero-order valence-electron chi connectivity index (χ0n) is 16.2. The first-order chi connectivity index (χ1) is 13.2. The molecule has 27 heavy (non-hydrogen) atoms. The Morgan fingerprint density at radius 1 is 1.15 bits per heavy atom. The second kappa shape index (κ2) is 9.67. The van der Waals surface area contributed by atoms with Gasteiger partial charge in [0.05, 0.1) is 18.3 Å². The van der Waals surface area contributed by atoms with Crippen LogP contribution in [0.25, 0.3) is 0 Å². The Morgan fingerprint density at radius 3 is 2.52 bits per heavy atom. The Morgan fingerprint density at radius 2 is 1.85 bits per heavy atom. The van der Waals surface area contributed by atoms with E-state index < -0.39 is 0 Å². The van der Waals surface area contributed by atoms with E-state index in [1.165, 1.54) is 37.1 Å². The zero-order chi connectivity index (χ0) is 19.1. The van der Waals surface area contributed by atoms with Crippen molar-refractivity contribution in [2.75, 3.05) is 30.7 Å². The van der Waals surface area contributed by atoms with Crippen molar-refractivity contribution in [3.63, 3.8) is 0 Å². The van der Waals surface area contributed by atoms with Gasteiger partial charge >= 0.3 is 0 Å². The first-order valence-electron chi connectivity index (χ1n) is 9.97. The van der Waals surface area contributed by atoms with Gasteiger partial charge in [-0.3, -0.25) is 4.90 Å². The molecule has 0 spiro atoms. The summed E-state index contributed by atoms with van der Waals surface area (Å²) in [4.78, 5) is 11.1. The van der Waals surface area contributed by atoms with Crippen LogP contribution in [0.15, 0.2) is 30.3 Å². The summed E-state index contributed by atoms with van der Waals surface area (Å²) in [7, 11) is 0. The molecule has 4 N–H and O–H groups in total. The highest BCUT2D eigenvalue weighted by atomic mass is 16.3. The quantitative estimate of drug-likeness (QED) is 0.630. The van der Waals surface area contributed by atoms with Crippen LogP contribution >= 0.6 is 0 Å². The van der Waals surface area contributed by atoms with E-state index in [1.54, 1.807) is 0 Å². The van der Waals surface area contributed by atoms with Gasteiger partial charge in [0.2, 0.25) is 5.95 Å². The van der Waals surface area contributed by atoms with Gasteiger partial charge < -0.3 is 16.2 Å². The molecular formula is C21H31N5O. The number of aromatic nitrogens is 2. The average Bonchev–Trinajstić information content (AvgIpc) is 3.15. The molecule has 1 aliphatic heterocycles. The van der Waals surface area contributed by atoms with Gasteiger partial charge in [0, 0.05) is 19.0 Å². The van der Waals surface area contributed by atoms with E-state index in [2.05, 4.69) is 51.4 Å². The third-order valence-corrected chi connectivity index (χ3v) is 5.02. The standard InChI is InChI=1S/C21H31N5O/c1-2-5-18(15-27)23-20-13-19(24-21(22)25-20)12-16-6-8-17(9-7-16)14-26-10-3-4-11-26/h6-9,13,18,27H,2-5,10-12,14-15H2,1H3,(H3,22,23,24,25)/t18-/m0/s1. The van der Waals surface area contributed by atoms with Crippen molar-refractivity contribution in [3.8, 4) is 0 Å². The minimum atomic E-state index is -0.0120. The Hall–Kier alpha value is -2.18. The maximum Gasteiger partial charge on any atom is 0.222 e. The number of anilines is 2. The third kappa shape index (κ3) is 5.91. The van der Waals surface area contributed by atoms with E-state index in [0.29, 0.717) is 12.2 Å². The molecule has 0 amide bonds. The second-order valence-electron chi connectivity index (χ2n) is 7.39. The van der Waals surface area contributed by atoms with Gasteiger partial charge in [0.15, 0.2) is 0 Å². The minimum Gasteiger partial charge on any atom is -0.394 e. The van der Waals surface area contributed by atoms with Crippen LogP contribution in [-0.4, -0.2) is 45.7 Å². The van der Waals surface area contributed by atoms with Gasteiger partial charge in [-0.1, -0.05) is 37.6 Å². The van der Waals surface area contributed by atoms with E-state index >= 15 is 0 Å². The molecule has 146 valence electrons. The summed E-state index contributed by atoms with van der Waals surface area (Å²) >= 11 is 0. The molecule has 3 rings (SSSR count). The number of hydrogen-bond acceptors (Lipinski definition) is 6. The Labute approximate surface area is 161 Å². The van der Waals surface area contributed by atoms with Gasteiger partial charge in [-0.15, -0.1) is 0 Å². The first-order valence-corrected chi connectivity index (χ1v) is 9.97. The van der Waals surface area contributed by atoms with Crippen LogP contribution < -0.4 is 11.1 Å². The Balaban J connectivity index is 1.64. The number of rotatable bonds is 9. The number of nitrogens with one attached hydrogen (secondary N) is 1. The molecule has 2 aromatic rings. The molecule has 1 fully saturated rings. The van der Waals surface area contributed by atoms with E-state index in [0.717, 1.165) is 25.1 Å². The van der Waals surface area contributed by atoms with E-state index in [-0.39, 0.29) is 18.6 Å². The molecule has 1 atom stereocenters. The monoisotopic (exact) mass is 369 g/mol. The summed E-state index contributed by atoms with van der Waals surface area (Å²) in [6.45, 7) is 5.63. The summed E-state index contributed by atoms with van der Waals surface area (Å²) in [5.41, 5.74) is 9.33. The number of nitrogens with two attached hydrogens (primary N) is 1. The normalized spacial score (nSPS) is 15.8. The molecule has 0 bridgehead atoms. The predicted octanol–water partition coefficient (Wildman–Crippen LogP) is 2.82. The van der Waals surface area contributed by atoms with Crippen LogP contribution in [0.4, 0.5) is 11.8 Å². The Bertz CT molecular complexity index is 713. The molecule has 1 saturated heterocycles. The highest BCUT2D eigenvalue weighted by Crippen LogP contribution is 2.17. The number of nitrogen functional groups attached to an aromatic ring is 1. The summed E-state index contributed by atoms with van der Waals surface area (Å²) < 4.78 is 0. The fourth-order valence-corrected chi connectivity index (χ4v) is 3.62. The van der Waals surface area contributed by atoms with Crippen LogP contribution in [0.2, 0.25) is 0 Å². The lowest BCUT2D eigenvalue weighted by atomic mass is 10.1. The topological polar surface area (TPSA) is 87.3 Å². The van der Waals surface area contributed by atoms with Gasteiger partial charge in [-0.05, 0) is 43.5 Å². The molecule has 0 unspecified atom stereocenters. The van der Waals surface area contributed by atoms with Gasteiger partial charge in [0.25, 0.3) is 0 Å². The lowest BCUT2D eigenvalue weighted by molar-refractivity contribution is 0.268. The van der Waals surface area contributed by atoms with Crippen LogP contribution in [-0.2, 0) is 13.0 Å². The number of aliphatic hydroxyl groups is 1. The summed E-state index contributed by atoms with van der Waals surface area (Å²) in [6.07, 6.45) is 5.23. The summed E-state index contributed by atoms with van der Waals surface area (Å²) in [5, 5.41) is 12.7. The molecular weight excluding hydrogens is 338 g/mol. The molecule has 0 saturated carbocycles. The molecule has 1 aliphatic rings. The molecule has 0 aliphatic carbocycles. The number of hydrogen-bond donors (Lipinski definition) is 3. The minimum absolute atomic E-state index is 0.0120. The number of aliphatic hydroxyl groups excluding tert-OH is 1. The van der Waals surface area contributed by atoms with E-state index in [1.807, 2.05) is 6.07 Å². The molecule has 2 heterocycles. The summed E-state index contributed by atoms with van der Waals surface area (Å²) in [5.74, 6) is 0.935. The van der Waals surface area contributed by atoms with Crippen molar-refractivity contribution in [1.29, 1.82) is 0 Å². The first kappa shape index (κ1) is 19.6. The molecule has 0 radical (unpaired) electrons. The van der Waals surface area contributed by atoms with Crippen LogP contribution in [0, 0.1) is 0 Å².